The maximum absolute atomic E-state index is 13.1. The molecule has 0 aliphatic heterocycles. The molecule has 0 saturated carbocycles. The number of carbonyl (C=O) groups excluding carboxylic acids is 2. The summed E-state index contributed by atoms with van der Waals surface area (Å²) in [5.74, 6) is -1.48. The van der Waals surface area contributed by atoms with Crippen LogP contribution in [0.3, 0.4) is 0 Å². The fourth-order valence-corrected chi connectivity index (χ4v) is 3.02. The van der Waals surface area contributed by atoms with E-state index in [0.29, 0.717) is 21.0 Å². The minimum absolute atomic E-state index is 0.0251. The molecule has 0 spiro atoms. The number of hydrogen-bond donors (Lipinski definition) is 2. The van der Waals surface area contributed by atoms with E-state index in [1.54, 1.807) is 0 Å². The summed E-state index contributed by atoms with van der Waals surface area (Å²) >= 11 is 1.16. The number of thiazole rings is 1. The Morgan fingerprint density at radius 1 is 0.920 bits per heavy atom. The maximum atomic E-state index is 13.1. The van der Waals surface area contributed by atoms with Crippen LogP contribution < -0.4 is 10.6 Å². The summed E-state index contributed by atoms with van der Waals surface area (Å²) in [5.41, 5.74) is 1.05. The van der Waals surface area contributed by atoms with Crippen molar-refractivity contribution in [3.63, 3.8) is 0 Å². The molecule has 0 aliphatic carbocycles. The predicted octanol–water partition coefficient (Wildman–Crippen LogP) is 3.93. The van der Waals surface area contributed by atoms with E-state index in [0.717, 1.165) is 11.3 Å². The van der Waals surface area contributed by atoms with Gasteiger partial charge >= 0.3 is 0 Å². The molecule has 0 saturated heterocycles. The highest BCUT2D eigenvalue weighted by molar-refractivity contribution is 7.22. The Labute approximate surface area is 145 Å². The van der Waals surface area contributed by atoms with E-state index < -0.39 is 5.82 Å². The van der Waals surface area contributed by atoms with Crippen LogP contribution in [0.4, 0.5) is 19.6 Å². The van der Waals surface area contributed by atoms with Gasteiger partial charge in [0.05, 0.1) is 10.2 Å². The summed E-state index contributed by atoms with van der Waals surface area (Å²) in [7, 11) is 0. The first-order chi connectivity index (χ1) is 12.0. The Bertz CT molecular complexity index is 925. The highest BCUT2D eigenvalue weighted by Crippen LogP contribution is 2.26. The molecule has 128 valence electrons. The van der Waals surface area contributed by atoms with E-state index in [1.807, 2.05) is 0 Å². The van der Waals surface area contributed by atoms with E-state index in [1.165, 1.54) is 42.5 Å². The van der Waals surface area contributed by atoms with Crippen molar-refractivity contribution in [2.24, 2.45) is 0 Å². The van der Waals surface area contributed by atoms with Gasteiger partial charge in [-0.25, -0.2) is 13.8 Å². The minimum atomic E-state index is -0.395. The Morgan fingerprint density at radius 3 is 2.28 bits per heavy atom. The molecule has 0 atom stereocenters. The number of nitrogens with one attached hydrogen (secondary N) is 2. The number of benzene rings is 2. The predicted molar refractivity (Wildman–Crippen MR) is 92.5 cm³/mol. The van der Waals surface area contributed by atoms with Crippen LogP contribution in [0.2, 0.25) is 0 Å². The van der Waals surface area contributed by atoms with Gasteiger partial charge < -0.3 is 10.6 Å². The monoisotopic (exact) mass is 361 g/mol. The first-order valence-electron chi connectivity index (χ1n) is 7.41. The van der Waals surface area contributed by atoms with Crippen LogP contribution in [-0.2, 0) is 9.59 Å². The summed E-state index contributed by atoms with van der Waals surface area (Å²) in [5, 5.41) is 5.52. The van der Waals surface area contributed by atoms with Crippen LogP contribution >= 0.6 is 11.3 Å². The number of halogens is 2. The van der Waals surface area contributed by atoms with Gasteiger partial charge in [-0.2, -0.15) is 0 Å². The first-order valence-corrected chi connectivity index (χ1v) is 8.22. The Morgan fingerprint density at radius 2 is 1.56 bits per heavy atom. The topological polar surface area (TPSA) is 71.1 Å². The molecule has 0 radical (unpaired) electrons. The molecule has 1 heterocycles. The van der Waals surface area contributed by atoms with Gasteiger partial charge in [-0.1, -0.05) is 11.3 Å². The largest absolute Gasteiger partial charge is 0.326 e. The molecule has 2 N–H and O–H groups in total. The Kier molecular flexibility index (Phi) is 4.99. The third-order valence-electron chi connectivity index (χ3n) is 3.30. The SMILES string of the molecule is O=C(CCC(=O)Nc1nc2ccc(F)cc2s1)Nc1ccc(F)cc1. The average molecular weight is 361 g/mol. The lowest BCUT2D eigenvalue weighted by atomic mass is 10.2. The van der Waals surface area contributed by atoms with Crippen LogP contribution in [-0.4, -0.2) is 16.8 Å². The van der Waals surface area contributed by atoms with Crippen molar-refractivity contribution in [2.45, 2.75) is 12.8 Å². The molecule has 3 rings (SSSR count). The zero-order valence-corrected chi connectivity index (χ0v) is 13.7. The summed E-state index contributed by atoms with van der Waals surface area (Å²) in [6, 6.07) is 9.52. The van der Waals surface area contributed by atoms with Crippen molar-refractivity contribution in [3.8, 4) is 0 Å². The van der Waals surface area contributed by atoms with E-state index in [2.05, 4.69) is 15.6 Å². The second kappa shape index (κ2) is 7.35. The van der Waals surface area contributed by atoms with Crippen molar-refractivity contribution < 1.29 is 18.4 Å². The summed E-state index contributed by atoms with van der Waals surface area (Å²) < 4.78 is 26.6. The number of rotatable bonds is 5. The number of anilines is 2. The van der Waals surface area contributed by atoms with Crippen molar-refractivity contribution in [1.82, 2.24) is 4.98 Å². The number of carbonyl (C=O) groups is 2. The fourth-order valence-electron chi connectivity index (χ4n) is 2.12. The number of hydrogen-bond acceptors (Lipinski definition) is 4. The Hall–Kier alpha value is -2.87. The molecule has 0 fully saturated rings. The lowest BCUT2D eigenvalue weighted by Gasteiger charge is -2.05. The molecular formula is C17H13F2N3O2S. The lowest BCUT2D eigenvalue weighted by molar-refractivity contribution is -0.121. The standard InChI is InChI=1S/C17H13F2N3O2S/c18-10-1-4-12(5-2-10)20-15(23)7-8-16(24)22-17-21-13-6-3-11(19)9-14(13)25-17/h1-6,9H,7-8H2,(H,20,23)(H,21,22,24). The van der Waals surface area contributed by atoms with Gasteiger partial charge in [-0.15, -0.1) is 0 Å². The average Bonchev–Trinajstić information content (AvgIpc) is 2.96. The highest BCUT2D eigenvalue weighted by atomic mass is 32.1. The smallest absolute Gasteiger partial charge is 0.226 e. The second-order valence-electron chi connectivity index (χ2n) is 5.23. The molecule has 25 heavy (non-hydrogen) atoms. The van der Waals surface area contributed by atoms with Gasteiger partial charge in [0, 0.05) is 18.5 Å². The third kappa shape index (κ3) is 4.57. The normalized spacial score (nSPS) is 10.6. The van der Waals surface area contributed by atoms with Crippen LogP contribution in [0.1, 0.15) is 12.8 Å². The zero-order chi connectivity index (χ0) is 17.8. The number of fused-ring (bicyclic) bond motifs is 1. The zero-order valence-electron chi connectivity index (χ0n) is 12.9. The van der Waals surface area contributed by atoms with E-state index in [9.17, 15) is 18.4 Å². The fraction of sp³-hybridized carbons (Fsp3) is 0.118. The van der Waals surface area contributed by atoms with Gasteiger partial charge in [0.1, 0.15) is 11.6 Å². The molecule has 2 aromatic carbocycles. The molecular weight excluding hydrogens is 348 g/mol. The number of amides is 2. The van der Waals surface area contributed by atoms with Crippen molar-refractivity contribution in [2.75, 3.05) is 10.6 Å². The first kappa shape index (κ1) is 17.0. The van der Waals surface area contributed by atoms with Gasteiger partial charge in [0.25, 0.3) is 0 Å². The van der Waals surface area contributed by atoms with E-state index in [4.69, 9.17) is 0 Å². The third-order valence-corrected chi connectivity index (χ3v) is 4.24. The van der Waals surface area contributed by atoms with Crippen LogP contribution in [0.15, 0.2) is 42.5 Å². The van der Waals surface area contributed by atoms with Gasteiger partial charge in [-0.05, 0) is 42.5 Å². The quantitative estimate of drug-likeness (QED) is 0.723. The minimum Gasteiger partial charge on any atom is -0.326 e. The van der Waals surface area contributed by atoms with Crippen molar-refractivity contribution in [3.05, 3.63) is 54.1 Å². The van der Waals surface area contributed by atoms with Gasteiger partial charge in [0.15, 0.2) is 5.13 Å². The molecule has 0 unspecified atom stereocenters. The molecule has 0 bridgehead atoms. The second-order valence-corrected chi connectivity index (χ2v) is 6.26. The van der Waals surface area contributed by atoms with E-state index in [-0.39, 0.29) is 30.5 Å². The Balaban J connectivity index is 1.51. The highest BCUT2D eigenvalue weighted by Gasteiger charge is 2.11. The van der Waals surface area contributed by atoms with Crippen LogP contribution in [0, 0.1) is 11.6 Å². The number of nitrogens with zero attached hydrogens (tertiary/aromatic N) is 1. The van der Waals surface area contributed by atoms with Crippen LogP contribution in [0.25, 0.3) is 10.2 Å². The summed E-state index contributed by atoms with van der Waals surface area (Å²) in [6.45, 7) is 0. The molecule has 5 nitrogen and oxygen atoms in total. The molecule has 1 aromatic heterocycles. The van der Waals surface area contributed by atoms with E-state index >= 15 is 0 Å². The summed E-state index contributed by atoms with van der Waals surface area (Å²) in [6.07, 6.45) is -0.0555. The molecule has 2 amide bonds. The van der Waals surface area contributed by atoms with Gasteiger partial charge in [-0.3, -0.25) is 9.59 Å². The van der Waals surface area contributed by atoms with Crippen LogP contribution in [0.5, 0.6) is 0 Å². The summed E-state index contributed by atoms with van der Waals surface area (Å²) in [4.78, 5) is 27.9. The molecule has 0 aliphatic rings. The van der Waals surface area contributed by atoms with Crippen molar-refractivity contribution >= 4 is 44.2 Å². The lowest BCUT2D eigenvalue weighted by Crippen LogP contribution is -2.17. The molecule has 3 aromatic rings. The van der Waals surface area contributed by atoms with Crippen molar-refractivity contribution in [1.29, 1.82) is 0 Å². The van der Waals surface area contributed by atoms with Gasteiger partial charge in [0.2, 0.25) is 11.8 Å². The molecule has 8 heteroatoms. The maximum Gasteiger partial charge on any atom is 0.226 e. The number of aromatic nitrogens is 1.